The van der Waals surface area contributed by atoms with E-state index in [2.05, 4.69) is 30.6 Å². The average Bonchev–Trinajstić information content (AvgIpc) is 2.92. The quantitative estimate of drug-likeness (QED) is 0.887. The second-order valence-electron chi connectivity index (χ2n) is 7.59. The van der Waals surface area contributed by atoms with E-state index in [1.807, 2.05) is 0 Å². The Hall–Kier alpha value is -1.28. The van der Waals surface area contributed by atoms with Gasteiger partial charge < -0.3 is 14.7 Å². The summed E-state index contributed by atoms with van der Waals surface area (Å²) in [5, 5.41) is 11.5. The topological polar surface area (TPSA) is 61.7 Å². The van der Waals surface area contributed by atoms with Crippen LogP contribution in [0.4, 0.5) is 5.82 Å². The summed E-state index contributed by atoms with van der Waals surface area (Å²) in [6, 6.07) is 0. The molecule has 26 heavy (non-hydrogen) atoms. The SMILES string of the molecule is Cc1sc2nc(CN3CCOCC3)nc(N3CCC(C)C(O)C3)c2c1C. The highest BCUT2D eigenvalue weighted by molar-refractivity contribution is 7.18. The van der Waals surface area contributed by atoms with Gasteiger partial charge >= 0.3 is 0 Å². The average molecular weight is 377 g/mol. The number of morpholine rings is 1. The molecule has 2 aromatic rings. The van der Waals surface area contributed by atoms with Gasteiger partial charge in [-0.3, -0.25) is 4.90 Å². The fourth-order valence-corrected chi connectivity index (χ4v) is 4.81. The van der Waals surface area contributed by atoms with Crippen molar-refractivity contribution >= 4 is 27.4 Å². The first-order valence-corrected chi connectivity index (χ1v) is 10.3. The van der Waals surface area contributed by atoms with Crippen LogP contribution in [0.1, 0.15) is 29.6 Å². The predicted octanol–water partition coefficient (Wildman–Crippen LogP) is 2.35. The normalized spacial score (nSPS) is 25.2. The van der Waals surface area contributed by atoms with Crippen LogP contribution in [0.3, 0.4) is 0 Å². The number of β-amino-alcohol motifs (C(OH)–C–C–N with tert-alkyl or cyclic N) is 1. The first-order chi connectivity index (χ1) is 12.5. The van der Waals surface area contributed by atoms with E-state index in [1.165, 1.54) is 15.8 Å². The third-order valence-electron chi connectivity index (χ3n) is 5.74. The predicted molar refractivity (Wildman–Crippen MR) is 105 cm³/mol. The zero-order valence-electron chi connectivity index (χ0n) is 15.9. The van der Waals surface area contributed by atoms with E-state index < -0.39 is 0 Å². The number of ether oxygens (including phenoxy) is 1. The minimum atomic E-state index is -0.295. The van der Waals surface area contributed by atoms with Gasteiger partial charge in [-0.05, 0) is 31.7 Å². The molecule has 142 valence electrons. The maximum atomic E-state index is 10.4. The highest BCUT2D eigenvalue weighted by Crippen LogP contribution is 2.36. The van der Waals surface area contributed by atoms with Crippen molar-refractivity contribution in [2.45, 2.75) is 39.8 Å². The summed E-state index contributed by atoms with van der Waals surface area (Å²) in [7, 11) is 0. The number of anilines is 1. The van der Waals surface area contributed by atoms with Gasteiger partial charge in [0, 0.05) is 31.1 Å². The number of aliphatic hydroxyl groups excluding tert-OH is 1. The Kier molecular flexibility index (Phi) is 5.14. The van der Waals surface area contributed by atoms with Crippen LogP contribution in [-0.2, 0) is 11.3 Å². The molecule has 0 amide bonds. The van der Waals surface area contributed by atoms with E-state index >= 15 is 0 Å². The summed E-state index contributed by atoms with van der Waals surface area (Å²) in [5.74, 6) is 2.23. The number of fused-ring (bicyclic) bond motifs is 1. The molecule has 1 N–H and O–H groups in total. The largest absolute Gasteiger partial charge is 0.391 e. The van der Waals surface area contributed by atoms with Crippen molar-refractivity contribution in [3.05, 3.63) is 16.3 Å². The smallest absolute Gasteiger partial charge is 0.146 e. The lowest BCUT2D eigenvalue weighted by atomic mass is 9.96. The van der Waals surface area contributed by atoms with Gasteiger partial charge in [0.15, 0.2) is 0 Å². The highest BCUT2D eigenvalue weighted by Gasteiger charge is 2.28. The molecule has 0 bridgehead atoms. The van der Waals surface area contributed by atoms with E-state index in [4.69, 9.17) is 14.7 Å². The van der Waals surface area contributed by atoms with Crippen LogP contribution in [-0.4, -0.2) is 65.5 Å². The molecule has 2 aliphatic rings. The minimum Gasteiger partial charge on any atom is -0.391 e. The van der Waals surface area contributed by atoms with Gasteiger partial charge in [0.05, 0.1) is 31.2 Å². The zero-order valence-corrected chi connectivity index (χ0v) is 16.7. The van der Waals surface area contributed by atoms with Gasteiger partial charge in [-0.2, -0.15) is 0 Å². The molecule has 2 fully saturated rings. The van der Waals surface area contributed by atoms with Crippen LogP contribution in [0.5, 0.6) is 0 Å². The number of aryl methyl sites for hydroxylation is 2. The van der Waals surface area contributed by atoms with Crippen molar-refractivity contribution in [2.75, 3.05) is 44.3 Å². The monoisotopic (exact) mass is 376 g/mol. The van der Waals surface area contributed by atoms with E-state index in [0.717, 1.165) is 62.3 Å². The fourth-order valence-electron chi connectivity index (χ4n) is 3.77. The van der Waals surface area contributed by atoms with E-state index in [0.29, 0.717) is 12.5 Å². The van der Waals surface area contributed by atoms with Gasteiger partial charge in [0.2, 0.25) is 0 Å². The molecule has 6 nitrogen and oxygen atoms in total. The summed E-state index contributed by atoms with van der Waals surface area (Å²) in [4.78, 5) is 16.8. The molecule has 0 radical (unpaired) electrons. The van der Waals surface area contributed by atoms with Crippen LogP contribution >= 0.6 is 11.3 Å². The lowest BCUT2D eigenvalue weighted by Gasteiger charge is -2.35. The maximum Gasteiger partial charge on any atom is 0.146 e. The number of thiophene rings is 1. The zero-order chi connectivity index (χ0) is 18.3. The van der Waals surface area contributed by atoms with Crippen molar-refractivity contribution in [1.29, 1.82) is 0 Å². The fraction of sp³-hybridized carbons (Fsp3) is 0.684. The molecule has 2 unspecified atom stereocenters. The second-order valence-corrected chi connectivity index (χ2v) is 8.80. The molecule has 2 saturated heterocycles. The first-order valence-electron chi connectivity index (χ1n) is 9.52. The van der Waals surface area contributed by atoms with Gasteiger partial charge in [-0.1, -0.05) is 6.92 Å². The highest BCUT2D eigenvalue weighted by atomic mass is 32.1. The Morgan fingerprint density at radius 3 is 2.69 bits per heavy atom. The van der Waals surface area contributed by atoms with Crippen LogP contribution in [0.2, 0.25) is 0 Å². The van der Waals surface area contributed by atoms with Gasteiger partial charge in [-0.15, -0.1) is 11.3 Å². The first kappa shape index (κ1) is 18.1. The van der Waals surface area contributed by atoms with Crippen molar-refractivity contribution in [2.24, 2.45) is 5.92 Å². The molecule has 0 saturated carbocycles. The van der Waals surface area contributed by atoms with Gasteiger partial charge in [-0.25, -0.2) is 9.97 Å². The van der Waals surface area contributed by atoms with Crippen LogP contribution in [0.25, 0.3) is 10.2 Å². The Morgan fingerprint density at radius 1 is 1.19 bits per heavy atom. The third kappa shape index (κ3) is 3.45. The second kappa shape index (κ2) is 7.38. The molecule has 0 aliphatic carbocycles. The molecule has 2 aromatic heterocycles. The molecule has 0 aromatic carbocycles. The summed E-state index contributed by atoms with van der Waals surface area (Å²) >= 11 is 1.75. The molecule has 4 rings (SSSR count). The molecule has 4 heterocycles. The van der Waals surface area contributed by atoms with Crippen LogP contribution < -0.4 is 4.90 Å². The lowest BCUT2D eigenvalue weighted by Crippen LogP contribution is -2.43. The number of piperidine rings is 1. The molecule has 0 spiro atoms. The molecule has 2 aliphatic heterocycles. The van der Waals surface area contributed by atoms with E-state index in [-0.39, 0.29) is 6.10 Å². The number of nitrogens with zero attached hydrogens (tertiary/aromatic N) is 4. The number of aromatic nitrogens is 2. The van der Waals surface area contributed by atoms with E-state index in [9.17, 15) is 5.11 Å². The molecule has 2 atom stereocenters. The van der Waals surface area contributed by atoms with Crippen molar-refractivity contribution in [1.82, 2.24) is 14.9 Å². The van der Waals surface area contributed by atoms with Crippen molar-refractivity contribution in [3.8, 4) is 0 Å². The molecular weight excluding hydrogens is 348 g/mol. The number of rotatable bonds is 3. The molecule has 7 heteroatoms. The Morgan fingerprint density at radius 2 is 1.96 bits per heavy atom. The summed E-state index contributed by atoms with van der Waals surface area (Å²) in [6.07, 6.45) is 0.699. The van der Waals surface area contributed by atoms with Crippen molar-refractivity contribution < 1.29 is 9.84 Å². The Labute approximate surface area is 158 Å². The van der Waals surface area contributed by atoms with Gasteiger partial charge in [0.25, 0.3) is 0 Å². The van der Waals surface area contributed by atoms with E-state index in [1.54, 1.807) is 11.3 Å². The summed E-state index contributed by atoms with van der Waals surface area (Å²) < 4.78 is 5.45. The number of hydrogen-bond donors (Lipinski definition) is 1. The van der Waals surface area contributed by atoms with Crippen molar-refractivity contribution in [3.63, 3.8) is 0 Å². The summed E-state index contributed by atoms with van der Waals surface area (Å²) in [5.41, 5.74) is 1.27. The number of hydrogen-bond acceptors (Lipinski definition) is 7. The lowest BCUT2D eigenvalue weighted by molar-refractivity contribution is 0.0331. The minimum absolute atomic E-state index is 0.295. The Bertz CT molecular complexity index is 787. The third-order valence-corrected chi connectivity index (χ3v) is 6.84. The van der Waals surface area contributed by atoms with Crippen LogP contribution in [0, 0.1) is 19.8 Å². The molecular formula is C19H28N4O2S. The van der Waals surface area contributed by atoms with Crippen LogP contribution in [0.15, 0.2) is 0 Å². The maximum absolute atomic E-state index is 10.4. The number of aliphatic hydroxyl groups is 1. The standard InChI is InChI=1S/C19H28N4O2S/c1-12-4-5-23(10-15(12)24)18-17-13(2)14(3)26-19(17)21-16(20-18)11-22-6-8-25-9-7-22/h12,15,24H,4-11H2,1-3H3. The Balaban J connectivity index is 1.71. The van der Waals surface area contributed by atoms with Gasteiger partial charge in [0.1, 0.15) is 16.5 Å². The summed E-state index contributed by atoms with van der Waals surface area (Å²) in [6.45, 7) is 12.2.